The molecule has 0 aliphatic heterocycles. The highest BCUT2D eigenvalue weighted by Crippen LogP contribution is 2.21. The number of anilines is 1. The number of hydrogen-bond donors (Lipinski definition) is 2. The molecule has 0 heterocycles. The van der Waals surface area contributed by atoms with Crippen molar-refractivity contribution in [2.24, 2.45) is 11.7 Å². The van der Waals surface area contributed by atoms with E-state index in [1.54, 1.807) is 13.8 Å². The SMILES string of the molecule is CCN(CC(=O)Nc1c(F)cccc1F)C(=O)C(C)C(N)c1ccccc1. The Kier molecular flexibility index (Phi) is 7.01. The summed E-state index contributed by atoms with van der Waals surface area (Å²) in [6.07, 6.45) is 0. The highest BCUT2D eigenvalue weighted by Gasteiger charge is 2.27. The minimum Gasteiger partial charge on any atom is -0.333 e. The number of likely N-dealkylation sites (N-methyl/N-ethyl adjacent to an activating group) is 1. The van der Waals surface area contributed by atoms with Crippen molar-refractivity contribution < 1.29 is 18.4 Å². The van der Waals surface area contributed by atoms with Gasteiger partial charge in [0.2, 0.25) is 11.8 Å². The summed E-state index contributed by atoms with van der Waals surface area (Å²) >= 11 is 0. The van der Waals surface area contributed by atoms with Crippen LogP contribution in [-0.2, 0) is 9.59 Å². The van der Waals surface area contributed by atoms with E-state index in [9.17, 15) is 18.4 Å². The van der Waals surface area contributed by atoms with E-state index in [-0.39, 0.29) is 19.0 Å². The molecule has 2 aromatic rings. The third-order valence-electron chi connectivity index (χ3n) is 4.37. The molecule has 2 amide bonds. The first-order valence-corrected chi connectivity index (χ1v) is 8.68. The van der Waals surface area contributed by atoms with Crippen molar-refractivity contribution >= 4 is 17.5 Å². The number of carbonyl (C=O) groups is 2. The summed E-state index contributed by atoms with van der Waals surface area (Å²) < 4.78 is 27.3. The summed E-state index contributed by atoms with van der Waals surface area (Å²) in [4.78, 5) is 26.2. The Hall–Kier alpha value is -2.80. The Morgan fingerprint density at radius 2 is 1.67 bits per heavy atom. The van der Waals surface area contributed by atoms with Crippen molar-refractivity contribution in [1.82, 2.24) is 4.90 Å². The molecular formula is C20H23F2N3O2. The first kappa shape index (κ1) is 20.5. The Labute approximate surface area is 157 Å². The van der Waals surface area contributed by atoms with Gasteiger partial charge in [-0.2, -0.15) is 0 Å². The van der Waals surface area contributed by atoms with E-state index in [4.69, 9.17) is 5.73 Å². The third-order valence-corrected chi connectivity index (χ3v) is 4.37. The van der Waals surface area contributed by atoms with Gasteiger partial charge in [-0.25, -0.2) is 8.78 Å². The molecule has 0 aromatic heterocycles. The summed E-state index contributed by atoms with van der Waals surface area (Å²) in [5, 5.41) is 2.18. The molecule has 0 aliphatic carbocycles. The predicted octanol–water partition coefficient (Wildman–Crippen LogP) is 3.09. The van der Waals surface area contributed by atoms with Crippen molar-refractivity contribution in [2.45, 2.75) is 19.9 Å². The lowest BCUT2D eigenvalue weighted by Crippen LogP contribution is -2.43. The zero-order valence-electron chi connectivity index (χ0n) is 15.3. The monoisotopic (exact) mass is 375 g/mol. The van der Waals surface area contributed by atoms with Crippen molar-refractivity contribution in [3.05, 3.63) is 65.7 Å². The molecule has 2 rings (SSSR count). The van der Waals surface area contributed by atoms with Gasteiger partial charge >= 0.3 is 0 Å². The number of para-hydroxylation sites is 1. The molecule has 144 valence electrons. The second-order valence-electron chi connectivity index (χ2n) is 6.22. The molecule has 27 heavy (non-hydrogen) atoms. The van der Waals surface area contributed by atoms with Crippen LogP contribution in [0.25, 0.3) is 0 Å². The number of carbonyl (C=O) groups excluding carboxylic acids is 2. The third kappa shape index (κ3) is 5.10. The van der Waals surface area contributed by atoms with Gasteiger partial charge in [-0.05, 0) is 24.6 Å². The highest BCUT2D eigenvalue weighted by molar-refractivity contribution is 5.95. The molecule has 0 spiro atoms. The van der Waals surface area contributed by atoms with Crippen molar-refractivity contribution in [3.8, 4) is 0 Å². The Morgan fingerprint density at radius 3 is 2.22 bits per heavy atom. The molecule has 0 saturated heterocycles. The first-order chi connectivity index (χ1) is 12.8. The van der Waals surface area contributed by atoms with E-state index >= 15 is 0 Å². The number of halogens is 2. The highest BCUT2D eigenvalue weighted by atomic mass is 19.1. The Balaban J connectivity index is 2.05. The molecular weight excluding hydrogens is 352 g/mol. The molecule has 2 aromatic carbocycles. The van der Waals surface area contributed by atoms with Crippen LogP contribution in [0.5, 0.6) is 0 Å². The zero-order chi connectivity index (χ0) is 20.0. The maximum atomic E-state index is 13.7. The summed E-state index contributed by atoms with van der Waals surface area (Å²) in [5.74, 6) is -3.31. The van der Waals surface area contributed by atoms with Crippen molar-refractivity contribution in [1.29, 1.82) is 0 Å². The number of nitrogens with one attached hydrogen (secondary N) is 1. The van der Waals surface area contributed by atoms with Crippen LogP contribution in [0.1, 0.15) is 25.5 Å². The van der Waals surface area contributed by atoms with Gasteiger partial charge < -0.3 is 16.0 Å². The number of benzene rings is 2. The van der Waals surface area contributed by atoms with Gasteiger partial charge in [0.15, 0.2) is 0 Å². The molecule has 2 atom stereocenters. The van der Waals surface area contributed by atoms with Crippen LogP contribution in [0.2, 0.25) is 0 Å². The van der Waals surface area contributed by atoms with E-state index in [1.165, 1.54) is 11.0 Å². The number of rotatable bonds is 7. The van der Waals surface area contributed by atoms with E-state index in [0.29, 0.717) is 0 Å². The van der Waals surface area contributed by atoms with Crippen LogP contribution in [0.3, 0.4) is 0 Å². The van der Waals surface area contributed by atoms with E-state index in [1.807, 2.05) is 30.3 Å². The van der Waals surface area contributed by atoms with Gasteiger partial charge in [0.05, 0.1) is 12.5 Å². The average molecular weight is 375 g/mol. The molecule has 0 fully saturated rings. The van der Waals surface area contributed by atoms with Gasteiger partial charge in [0.1, 0.15) is 17.3 Å². The fourth-order valence-corrected chi connectivity index (χ4v) is 2.72. The van der Waals surface area contributed by atoms with E-state index in [2.05, 4.69) is 5.32 Å². The topological polar surface area (TPSA) is 75.4 Å². The molecule has 2 unspecified atom stereocenters. The smallest absolute Gasteiger partial charge is 0.244 e. The molecule has 0 aliphatic rings. The van der Waals surface area contributed by atoms with Gasteiger partial charge in [0.25, 0.3) is 0 Å². The van der Waals surface area contributed by atoms with Crippen LogP contribution < -0.4 is 11.1 Å². The minimum atomic E-state index is -0.878. The first-order valence-electron chi connectivity index (χ1n) is 8.68. The largest absolute Gasteiger partial charge is 0.333 e. The summed E-state index contributed by atoms with van der Waals surface area (Å²) in [6, 6.07) is 11.9. The van der Waals surface area contributed by atoms with Gasteiger partial charge in [-0.3, -0.25) is 9.59 Å². The van der Waals surface area contributed by atoms with Gasteiger partial charge in [-0.15, -0.1) is 0 Å². The standard InChI is InChI=1S/C20H23F2N3O2/c1-3-25(12-17(26)24-19-15(21)10-7-11-16(19)22)20(27)13(2)18(23)14-8-5-4-6-9-14/h4-11,13,18H,3,12,23H2,1-2H3,(H,24,26). The van der Waals surface area contributed by atoms with E-state index in [0.717, 1.165) is 17.7 Å². The minimum absolute atomic E-state index is 0.262. The summed E-state index contributed by atoms with van der Waals surface area (Å²) in [7, 11) is 0. The van der Waals surface area contributed by atoms with Gasteiger partial charge in [-0.1, -0.05) is 43.3 Å². The van der Waals surface area contributed by atoms with E-state index < -0.39 is 35.2 Å². The maximum absolute atomic E-state index is 13.7. The summed E-state index contributed by atoms with van der Waals surface area (Å²) in [6.45, 7) is 3.35. The van der Waals surface area contributed by atoms with Crippen molar-refractivity contribution in [3.63, 3.8) is 0 Å². The predicted molar refractivity (Wildman–Crippen MR) is 99.8 cm³/mol. The van der Waals surface area contributed by atoms with Crippen molar-refractivity contribution in [2.75, 3.05) is 18.4 Å². The lowest BCUT2D eigenvalue weighted by atomic mass is 9.94. The second-order valence-corrected chi connectivity index (χ2v) is 6.22. The number of amides is 2. The van der Waals surface area contributed by atoms with Crippen LogP contribution in [0.15, 0.2) is 48.5 Å². The number of nitrogens with zero attached hydrogens (tertiary/aromatic N) is 1. The second kappa shape index (κ2) is 9.23. The van der Waals surface area contributed by atoms with Crippen LogP contribution in [0, 0.1) is 17.6 Å². The fourth-order valence-electron chi connectivity index (χ4n) is 2.72. The Morgan fingerprint density at radius 1 is 1.07 bits per heavy atom. The average Bonchev–Trinajstić information content (AvgIpc) is 2.68. The van der Waals surface area contributed by atoms with Crippen LogP contribution in [-0.4, -0.2) is 29.8 Å². The molecule has 3 N–H and O–H groups in total. The Bertz CT molecular complexity index is 779. The normalized spacial score (nSPS) is 12.9. The van der Waals surface area contributed by atoms with Gasteiger partial charge in [0, 0.05) is 12.6 Å². The lowest BCUT2D eigenvalue weighted by molar-refractivity contribution is -0.138. The molecule has 0 radical (unpaired) electrons. The molecule has 0 saturated carbocycles. The maximum Gasteiger partial charge on any atom is 0.244 e. The lowest BCUT2D eigenvalue weighted by Gasteiger charge is -2.27. The quantitative estimate of drug-likeness (QED) is 0.781. The summed E-state index contributed by atoms with van der Waals surface area (Å²) in [5.41, 5.74) is 6.46. The zero-order valence-corrected chi connectivity index (χ0v) is 15.3. The molecule has 5 nitrogen and oxygen atoms in total. The van der Waals surface area contributed by atoms with Crippen LogP contribution >= 0.6 is 0 Å². The molecule has 7 heteroatoms. The van der Waals surface area contributed by atoms with Crippen LogP contribution in [0.4, 0.5) is 14.5 Å². The molecule has 0 bridgehead atoms. The fraction of sp³-hybridized carbons (Fsp3) is 0.300. The number of nitrogens with two attached hydrogens (primary N) is 1. The number of hydrogen-bond acceptors (Lipinski definition) is 3.